The van der Waals surface area contributed by atoms with Gasteiger partial charge in [-0.2, -0.15) is 10.2 Å². The predicted octanol–water partition coefficient (Wildman–Crippen LogP) is 4.83. The highest BCUT2D eigenvalue weighted by molar-refractivity contribution is 6.30. The van der Waals surface area contributed by atoms with Gasteiger partial charge in [0.1, 0.15) is 17.3 Å². The summed E-state index contributed by atoms with van der Waals surface area (Å²) >= 11 is 5.76. The Morgan fingerprint density at radius 2 is 1.94 bits per heavy atom. The number of aromatic nitrogens is 4. The average Bonchev–Trinajstić information content (AvgIpc) is 3.40. The Kier molecular flexibility index (Phi) is 6.83. The van der Waals surface area contributed by atoms with Gasteiger partial charge in [0.2, 0.25) is 0 Å². The Labute approximate surface area is 200 Å². The molecule has 34 heavy (non-hydrogen) atoms. The zero-order valence-electron chi connectivity index (χ0n) is 18.9. The van der Waals surface area contributed by atoms with E-state index in [0.717, 1.165) is 17.0 Å². The van der Waals surface area contributed by atoms with Gasteiger partial charge in [-0.1, -0.05) is 23.7 Å². The molecule has 0 aliphatic rings. The lowest BCUT2D eigenvalue weighted by Gasteiger charge is -2.08. The van der Waals surface area contributed by atoms with Crippen molar-refractivity contribution in [3.8, 4) is 11.5 Å². The highest BCUT2D eigenvalue weighted by Crippen LogP contribution is 2.23. The number of carbonyl (C=O) groups excluding carboxylic acids is 1. The minimum Gasteiger partial charge on any atom is -0.497 e. The van der Waals surface area contributed by atoms with Crippen LogP contribution in [0.4, 0.5) is 10.1 Å². The zero-order valence-corrected chi connectivity index (χ0v) is 19.6. The molecular weight excluding hydrogens is 461 g/mol. The van der Waals surface area contributed by atoms with Gasteiger partial charge in [-0.25, -0.2) is 9.07 Å². The van der Waals surface area contributed by atoms with E-state index in [0.29, 0.717) is 23.7 Å². The first-order valence-electron chi connectivity index (χ1n) is 10.4. The number of hydrogen-bond acceptors (Lipinski definition) is 5. The fraction of sp³-hybridized carbons (Fsp3) is 0.208. The lowest BCUT2D eigenvalue weighted by molar-refractivity contribution is 0.102. The summed E-state index contributed by atoms with van der Waals surface area (Å²) in [7, 11) is 1.63. The van der Waals surface area contributed by atoms with Crippen molar-refractivity contribution in [2.75, 3.05) is 12.4 Å². The van der Waals surface area contributed by atoms with E-state index in [9.17, 15) is 9.18 Å². The molecule has 8 nitrogen and oxygen atoms in total. The lowest BCUT2D eigenvalue weighted by atomic mass is 10.2. The normalized spacial score (nSPS) is 10.9. The Morgan fingerprint density at radius 3 is 2.71 bits per heavy atom. The van der Waals surface area contributed by atoms with E-state index in [2.05, 4.69) is 15.5 Å². The fourth-order valence-electron chi connectivity index (χ4n) is 3.42. The van der Waals surface area contributed by atoms with Crippen LogP contribution in [0.5, 0.6) is 11.5 Å². The summed E-state index contributed by atoms with van der Waals surface area (Å²) in [5, 5.41) is 11.7. The van der Waals surface area contributed by atoms with Gasteiger partial charge in [-0.05, 0) is 49.7 Å². The molecule has 2 heterocycles. The van der Waals surface area contributed by atoms with Gasteiger partial charge in [0.15, 0.2) is 12.4 Å². The third-order valence-electron chi connectivity index (χ3n) is 5.21. The number of rotatable bonds is 8. The predicted molar refractivity (Wildman–Crippen MR) is 126 cm³/mol. The number of hydrogen-bond donors (Lipinski definition) is 1. The summed E-state index contributed by atoms with van der Waals surface area (Å²) in [6, 6.07) is 13.4. The number of ether oxygens (including phenoxy) is 2. The van der Waals surface area contributed by atoms with E-state index in [1.165, 1.54) is 22.9 Å². The zero-order chi connectivity index (χ0) is 24.2. The van der Waals surface area contributed by atoms with Crippen LogP contribution in [-0.4, -0.2) is 32.6 Å². The van der Waals surface area contributed by atoms with Crippen LogP contribution in [0.3, 0.4) is 0 Å². The van der Waals surface area contributed by atoms with Crippen LogP contribution in [0.15, 0.2) is 54.7 Å². The average molecular weight is 484 g/mol. The summed E-state index contributed by atoms with van der Waals surface area (Å²) < 4.78 is 27.4. The second-order valence-electron chi connectivity index (χ2n) is 7.60. The smallest absolute Gasteiger partial charge is 0.276 e. The second-order valence-corrected chi connectivity index (χ2v) is 8.01. The molecule has 0 aliphatic carbocycles. The molecule has 2 aromatic carbocycles. The van der Waals surface area contributed by atoms with Crippen LogP contribution in [0.2, 0.25) is 5.02 Å². The molecule has 0 fully saturated rings. The maximum atomic E-state index is 13.3. The number of benzene rings is 2. The second kappa shape index (κ2) is 9.96. The van der Waals surface area contributed by atoms with E-state index in [4.69, 9.17) is 21.1 Å². The summed E-state index contributed by atoms with van der Waals surface area (Å²) in [5.41, 5.74) is 3.41. The molecule has 0 unspecified atom stereocenters. The molecule has 0 bridgehead atoms. The highest BCUT2D eigenvalue weighted by atomic mass is 35.5. The van der Waals surface area contributed by atoms with Gasteiger partial charge in [0.05, 0.1) is 35.8 Å². The third-order valence-corrected chi connectivity index (χ3v) is 5.50. The minimum atomic E-state index is -0.524. The molecular formula is C24H23ClFN5O3. The van der Waals surface area contributed by atoms with Gasteiger partial charge in [-0.15, -0.1) is 0 Å². The maximum Gasteiger partial charge on any atom is 0.276 e. The van der Waals surface area contributed by atoms with E-state index >= 15 is 0 Å². The monoisotopic (exact) mass is 483 g/mol. The highest BCUT2D eigenvalue weighted by Gasteiger charge is 2.17. The molecule has 0 atom stereocenters. The molecule has 2 aromatic heterocycles. The van der Waals surface area contributed by atoms with Crippen molar-refractivity contribution in [1.82, 2.24) is 19.6 Å². The van der Waals surface area contributed by atoms with Crippen LogP contribution in [-0.2, 0) is 13.3 Å². The van der Waals surface area contributed by atoms with Crippen molar-refractivity contribution in [1.29, 1.82) is 0 Å². The van der Waals surface area contributed by atoms with Crippen LogP contribution in [0.25, 0.3) is 0 Å². The Balaban J connectivity index is 1.41. The maximum absolute atomic E-state index is 13.3. The fourth-order valence-corrected chi connectivity index (χ4v) is 3.59. The van der Waals surface area contributed by atoms with E-state index in [1.54, 1.807) is 19.4 Å². The molecule has 0 radical (unpaired) electrons. The van der Waals surface area contributed by atoms with E-state index < -0.39 is 5.82 Å². The van der Waals surface area contributed by atoms with Gasteiger partial charge in [-0.3, -0.25) is 9.48 Å². The van der Waals surface area contributed by atoms with Crippen LogP contribution < -0.4 is 14.8 Å². The van der Waals surface area contributed by atoms with E-state index in [1.807, 2.05) is 42.8 Å². The van der Waals surface area contributed by atoms with Crippen LogP contribution in [0, 0.1) is 19.7 Å². The van der Waals surface area contributed by atoms with Crippen molar-refractivity contribution < 1.29 is 18.7 Å². The Hall–Kier alpha value is -3.85. The number of halogens is 2. The molecule has 0 saturated heterocycles. The quantitative estimate of drug-likeness (QED) is 0.388. The summed E-state index contributed by atoms with van der Waals surface area (Å²) in [6.45, 7) is 4.31. The molecule has 1 N–H and O–H groups in total. The van der Waals surface area contributed by atoms with Crippen molar-refractivity contribution in [2.45, 2.75) is 27.1 Å². The van der Waals surface area contributed by atoms with Crippen molar-refractivity contribution in [3.05, 3.63) is 88.2 Å². The molecule has 0 spiro atoms. The Bertz CT molecular complexity index is 1330. The van der Waals surface area contributed by atoms with Gasteiger partial charge in [0, 0.05) is 12.3 Å². The summed E-state index contributed by atoms with van der Waals surface area (Å²) in [6.07, 6.45) is 1.62. The van der Waals surface area contributed by atoms with Gasteiger partial charge in [0.25, 0.3) is 5.91 Å². The Morgan fingerprint density at radius 1 is 1.12 bits per heavy atom. The van der Waals surface area contributed by atoms with Gasteiger partial charge < -0.3 is 14.8 Å². The molecule has 1 amide bonds. The topological polar surface area (TPSA) is 83.2 Å². The number of aryl methyl sites for hydroxylation is 1. The van der Waals surface area contributed by atoms with Crippen LogP contribution in [0.1, 0.15) is 27.4 Å². The lowest BCUT2D eigenvalue weighted by Crippen LogP contribution is -2.15. The molecule has 0 saturated carbocycles. The number of nitrogens with zero attached hydrogens (tertiary/aromatic N) is 4. The first-order valence-corrected chi connectivity index (χ1v) is 10.8. The van der Waals surface area contributed by atoms with Crippen LogP contribution >= 0.6 is 11.6 Å². The largest absolute Gasteiger partial charge is 0.497 e. The van der Waals surface area contributed by atoms with Crippen molar-refractivity contribution in [3.63, 3.8) is 0 Å². The SMILES string of the molecule is COc1cccc(Cn2nc(C)c(NC(=O)c3ccn(COc4ccc(F)c(Cl)c4)n3)c2C)c1. The standard InChI is InChI=1S/C24H23ClFN5O3/c1-15-23(16(2)31(28-15)13-17-5-4-6-18(11-17)33-3)27-24(32)22-9-10-30(29-22)14-34-19-7-8-21(26)20(25)12-19/h4-12H,13-14H2,1-3H3,(H,27,32). The van der Waals surface area contributed by atoms with Crippen molar-refractivity contribution >= 4 is 23.2 Å². The molecule has 10 heteroatoms. The summed E-state index contributed by atoms with van der Waals surface area (Å²) in [5.74, 6) is 0.275. The number of anilines is 1. The van der Waals surface area contributed by atoms with Gasteiger partial charge >= 0.3 is 0 Å². The number of nitrogens with one attached hydrogen (secondary N) is 1. The van der Waals surface area contributed by atoms with Crippen molar-refractivity contribution in [2.24, 2.45) is 0 Å². The first kappa shape index (κ1) is 23.3. The number of carbonyl (C=O) groups is 1. The third kappa shape index (κ3) is 5.20. The molecule has 4 aromatic rings. The minimum absolute atomic E-state index is 0.0317. The first-order chi connectivity index (χ1) is 16.3. The summed E-state index contributed by atoms with van der Waals surface area (Å²) in [4.78, 5) is 12.8. The van der Waals surface area contributed by atoms with E-state index in [-0.39, 0.29) is 23.4 Å². The molecule has 0 aliphatic heterocycles. The molecule has 176 valence electrons. The molecule has 4 rings (SSSR count). The number of amides is 1. The number of methoxy groups -OCH3 is 1.